The van der Waals surface area contributed by atoms with E-state index in [1.54, 1.807) is 12.3 Å². The van der Waals surface area contributed by atoms with Gasteiger partial charge in [0.15, 0.2) is 28.4 Å². The van der Waals surface area contributed by atoms with Crippen molar-refractivity contribution in [1.29, 1.82) is 0 Å². The fourth-order valence-electron chi connectivity index (χ4n) is 2.07. The number of rotatable bonds is 5. The highest BCUT2D eigenvalue weighted by Gasteiger charge is 2.27. The molecule has 2 amide bonds. The van der Waals surface area contributed by atoms with Gasteiger partial charge in [0, 0.05) is 12.3 Å². The van der Waals surface area contributed by atoms with Crippen molar-refractivity contribution in [2.75, 3.05) is 10.3 Å². The Labute approximate surface area is 200 Å². The van der Waals surface area contributed by atoms with Crippen molar-refractivity contribution in [2.24, 2.45) is 5.84 Å². The molecule has 18 heteroatoms. The zero-order valence-corrected chi connectivity index (χ0v) is 19.1. The summed E-state index contributed by atoms with van der Waals surface area (Å²) in [7, 11) is 0. The Balaban J connectivity index is 0.000000303. The first kappa shape index (κ1) is 27.5. The number of benzene rings is 1. The SMILES string of the molecule is CC(=O)Nc1ncc([N+](=O)[O-])s1.Cc1csc(N(N)C(=O)OCc2c(F)c(F)c(F)c(F)c2F)n1. The van der Waals surface area contributed by atoms with Crippen molar-refractivity contribution in [1.82, 2.24) is 9.97 Å². The summed E-state index contributed by atoms with van der Waals surface area (Å²) >= 11 is 1.82. The normalized spacial score (nSPS) is 10.3. The summed E-state index contributed by atoms with van der Waals surface area (Å²) in [5, 5.41) is 14.7. The number of halogens is 5. The molecule has 0 bridgehead atoms. The lowest BCUT2D eigenvalue weighted by Gasteiger charge is -2.14. The van der Waals surface area contributed by atoms with Gasteiger partial charge in [-0.2, -0.15) is 5.01 Å². The van der Waals surface area contributed by atoms with E-state index in [4.69, 9.17) is 5.84 Å². The Hall–Kier alpha value is -3.77. The molecule has 0 saturated heterocycles. The van der Waals surface area contributed by atoms with E-state index in [9.17, 15) is 41.7 Å². The minimum atomic E-state index is -2.30. The second-order valence-electron chi connectivity index (χ2n) is 6.19. The van der Waals surface area contributed by atoms with Crippen LogP contribution in [0.5, 0.6) is 0 Å². The molecule has 0 radical (unpaired) electrons. The minimum absolute atomic E-state index is 0.0323. The number of nitrogens with zero attached hydrogens (tertiary/aromatic N) is 4. The molecular weight excluding hydrogens is 527 g/mol. The monoisotopic (exact) mass is 540 g/mol. The molecule has 0 fully saturated rings. The van der Waals surface area contributed by atoms with Crippen LogP contribution < -0.4 is 16.2 Å². The molecule has 0 spiro atoms. The summed E-state index contributed by atoms with van der Waals surface area (Å²) in [6.45, 7) is 1.75. The number of amides is 2. The summed E-state index contributed by atoms with van der Waals surface area (Å²) < 4.78 is 70.2. The van der Waals surface area contributed by atoms with Gasteiger partial charge in [0.25, 0.3) is 0 Å². The predicted molar refractivity (Wildman–Crippen MR) is 113 cm³/mol. The third kappa shape index (κ3) is 6.87. The largest absolute Gasteiger partial charge is 0.443 e. The van der Waals surface area contributed by atoms with Crippen molar-refractivity contribution in [3.05, 3.63) is 62.0 Å². The van der Waals surface area contributed by atoms with E-state index in [0.717, 1.165) is 28.9 Å². The highest BCUT2D eigenvalue weighted by Crippen LogP contribution is 2.25. The highest BCUT2D eigenvalue weighted by molar-refractivity contribution is 7.18. The molecule has 2 aromatic heterocycles. The number of nitrogens with two attached hydrogens (primary N) is 1. The minimum Gasteiger partial charge on any atom is -0.443 e. The average Bonchev–Trinajstić information content (AvgIpc) is 3.45. The fraction of sp³-hybridized carbons (Fsp3) is 0.176. The van der Waals surface area contributed by atoms with Gasteiger partial charge in [-0.3, -0.25) is 14.9 Å². The fourth-order valence-corrected chi connectivity index (χ4v) is 3.46. The molecule has 1 aromatic carbocycles. The van der Waals surface area contributed by atoms with Gasteiger partial charge in [0.1, 0.15) is 12.8 Å². The summed E-state index contributed by atoms with van der Waals surface area (Å²) in [5.74, 6) is -5.62. The van der Waals surface area contributed by atoms with E-state index in [1.807, 2.05) is 0 Å². The highest BCUT2D eigenvalue weighted by atomic mass is 32.1. The van der Waals surface area contributed by atoms with Gasteiger partial charge in [0.05, 0.1) is 16.2 Å². The Morgan fingerprint density at radius 3 is 2.20 bits per heavy atom. The molecule has 3 N–H and O–H groups in total. The van der Waals surface area contributed by atoms with Crippen LogP contribution in [0.3, 0.4) is 0 Å². The van der Waals surface area contributed by atoms with Crippen molar-refractivity contribution in [3.63, 3.8) is 0 Å². The summed E-state index contributed by atoms with van der Waals surface area (Å²) in [5.41, 5.74) is -0.716. The molecule has 0 unspecified atom stereocenters. The van der Waals surface area contributed by atoms with Crippen LogP contribution in [-0.4, -0.2) is 26.9 Å². The number of aryl methyl sites for hydroxylation is 1. The number of thiazole rings is 2. The summed E-state index contributed by atoms with van der Waals surface area (Å²) in [4.78, 5) is 39.2. The zero-order valence-electron chi connectivity index (χ0n) is 17.5. The Morgan fingerprint density at radius 1 is 1.17 bits per heavy atom. The summed E-state index contributed by atoms with van der Waals surface area (Å²) in [6, 6.07) is 0. The van der Waals surface area contributed by atoms with Crippen molar-refractivity contribution < 1.29 is 41.2 Å². The van der Waals surface area contributed by atoms with E-state index < -0.39 is 52.3 Å². The quantitative estimate of drug-likeness (QED) is 0.0930. The van der Waals surface area contributed by atoms with Gasteiger partial charge in [-0.1, -0.05) is 0 Å². The van der Waals surface area contributed by atoms with Crippen LogP contribution >= 0.6 is 22.7 Å². The summed E-state index contributed by atoms with van der Waals surface area (Å²) in [6.07, 6.45) is -0.168. The van der Waals surface area contributed by atoms with Gasteiger partial charge >= 0.3 is 11.1 Å². The predicted octanol–water partition coefficient (Wildman–Crippen LogP) is 4.17. The third-order valence-electron chi connectivity index (χ3n) is 3.61. The number of nitro groups is 1. The molecule has 2 heterocycles. The lowest BCUT2D eigenvalue weighted by atomic mass is 10.2. The number of nitrogens with one attached hydrogen (secondary N) is 1. The molecule has 0 atom stereocenters. The Morgan fingerprint density at radius 2 is 1.74 bits per heavy atom. The molecule has 35 heavy (non-hydrogen) atoms. The maximum absolute atomic E-state index is 13.4. The van der Waals surface area contributed by atoms with Gasteiger partial charge in [0.2, 0.25) is 16.9 Å². The van der Waals surface area contributed by atoms with Crippen LogP contribution in [0, 0.1) is 46.1 Å². The standard InChI is InChI=1S/C12H8F5N3O2S.C5H5N3O3S/c1-4-3-23-11(19-4)20(18)12(21)22-2-5-6(13)8(15)10(17)9(16)7(5)14;1-3(9)7-5-6-2-4(12-5)8(10)11/h3H,2,18H2,1H3;2H,1H3,(H,6,7,9). The number of aromatic nitrogens is 2. The molecule has 0 saturated carbocycles. The molecule has 188 valence electrons. The Bertz CT molecular complexity index is 1240. The number of carbonyl (C=O) groups excluding carboxylic acids is 2. The van der Waals surface area contributed by atoms with Crippen LogP contribution in [0.25, 0.3) is 0 Å². The average molecular weight is 540 g/mol. The van der Waals surface area contributed by atoms with Gasteiger partial charge in [-0.25, -0.2) is 42.6 Å². The van der Waals surface area contributed by atoms with E-state index in [0.29, 0.717) is 10.7 Å². The van der Waals surface area contributed by atoms with E-state index >= 15 is 0 Å². The lowest BCUT2D eigenvalue weighted by molar-refractivity contribution is -0.380. The van der Waals surface area contributed by atoms with E-state index in [2.05, 4.69) is 20.0 Å². The second-order valence-corrected chi connectivity index (χ2v) is 8.03. The molecule has 0 aliphatic rings. The van der Waals surface area contributed by atoms with Gasteiger partial charge in [-0.15, -0.1) is 11.3 Å². The number of hydrazine groups is 1. The van der Waals surface area contributed by atoms with Crippen molar-refractivity contribution in [3.8, 4) is 0 Å². The van der Waals surface area contributed by atoms with Crippen LogP contribution in [0.1, 0.15) is 18.2 Å². The smallest absolute Gasteiger partial charge is 0.431 e. The maximum atomic E-state index is 13.4. The lowest BCUT2D eigenvalue weighted by Crippen LogP contribution is -2.37. The number of anilines is 2. The van der Waals surface area contributed by atoms with Gasteiger partial charge in [-0.05, 0) is 18.3 Å². The maximum Gasteiger partial charge on any atom is 0.431 e. The van der Waals surface area contributed by atoms with Crippen LogP contribution in [0.2, 0.25) is 0 Å². The topological polar surface area (TPSA) is 154 Å². The first-order valence-electron chi connectivity index (χ1n) is 8.85. The number of hydrogen-bond donors (Lipinski definition) is 2. The van der Waals surface area contributed by atoms with E-state index in [-0.39, 0.29) is 21.2 Å². The molecular formula is C17H13F5N6O5S2. The van der Waals surface area contributed by atoms with Crippen LogP contribution in [0.4, 0.5) is 42.0 Å². The number of hydrogen-bond acceptors (Lipinski definition) is 10. The van der Waals surface area contributed by atoms with Gasteiger partial charge < -0.3 is 10.1 Å². The van der Waals surface area contributed by atoms with Crippen molar-refractivity contribution >= 4 is 49.9 Å². The van der Waals surface area contributed by atoms with E-state index in [1.165, 1.54) is 6.92 Å². The zero-order chi connectivity index (χ0) is 26.4. The molecule has 3 aromatic rings. The third-order valence-corrected chi connectivity index (χ3v) is 5.43. The first-order chi connectivity index (χ1) is 16.3. The number of ether oxygens (including phenoxy) is 1. The molecule has 0 aliphatic carbocycles. The number of carbonyl (C=O) groups is 2. The van der Waals surface area contributed by atoms with Crippen LogP contribution in [0.15, 0.2) is 11.6 Å². The molecule has 11 nitrogen and oxygen atoms in total. The second kappa shape index (κ2) is 11.6. The van der Waals surface area contributed by atoms with Crippen molar-refractivity contribution in [2.45, 2.75) is 20.5 Å². The molecule has 0 aliphatic heterocycles. The Kier molecular flexibility index (Phi) is 9.09. The van der Waals surface area contributed by atoms with Crippen LogP contribution in [-0.2, 0) is 16.1 Å². The first-order valence-corrected chi connectivity index (χ1v) is 10.5. The molecule has 3 rings (SSSR count).